The number of halogens is 2. The van der Waals surface area contributed by atoms with Crippen LogP contribution in [0, 0.1) is 5.95 Å². The number of nitrogens with zero attached hydrogens (tertiary/aromatic N) is 1. The summed E-state index contributed by atoms with van der Waals surface area (Å²) in [5, 5.41) is 0.191. The Bertz CT molecular complexity index is 404. The third-order valence-corrected chi connectivity index (χ3v) is 8.20. The van der Waals surface area contributed by atoms with Gasteiger partial charge in [-0.05, 0) is 24.2 Å². The van der Waals surface area contributed by atoms with Gasteiger partial charge in [-0.1, -0.05) is 32.4 Å². The van der Waals surface area contributed by atoms with E-state index in [1.807, 2.05) is 0 Å². The van der Waals surface area contributed by atoms with Crippen LogP contribution in [-0.2, 0) is 11.0 Å². The first-order valence-corrected chi connectivity index (χ1v) is 8.86. The molecule has 1 heterocycles. The quantitative estimate of drug-likeness (QED) is 0.603. The van der Waals surface area contributed by atoms with Crippen LogP contribution >= 0.6 is 11.6 Å². The van der Waals surface area contributed by atoms with E-state index in [4.69, 9.17) is 16.0 Å². The molecule has 0 N–H and O–H groups in total. The van der Waals surface area contributed by atoms with E-state index in [2.05, 4.69) is 38.8 Å². The molecule has 0 unspecified atom stereocenters. The number of pyridine rings is 1. The van der Waals surface area contributed by atoms with Crippen molar-refractivity contribution in [1.82, 2.24) is 4.98 Å². The van der Waals surface area contributed by atoms with Crippen LogP contribution in [0.5, 0.6) is 0 Å². The minimum absolute atomic E-state index is 0.0613. The molecule has 0 aliphatic rings. The monoisotopic (exact) mass is 275 g/mol. The molecule has 0 aromatic carbocycles. The fourth-order valence-electron chi connectivity index (χ4n) is 1.04. The minimum Gasteiger partial charge on any atom is -0.413 e. The van der Waals surface area contributed by atoms with Gasteiger partial charge in [0.05, 0.1) is 6.61 Å². The Morgan fingerprint density at radius 2 is 2.00 bits per heavy atom. The molecular formula is C12H19ClFNOSi. The summed E-state index contributed by atoms with van der Waals surface area (Å²) in [7, 11) is -1.83. The van der Waals surface area contributed by atoms with Crippen LogP contribution in [0.15, 0.2) is 12.3 Å². The summed E-state index contributed by atoms with van der Waals surface area (Å²) >= 11 is 5.83. The van der Waals surface area contributed by atoms with Crippen molar-refractivity contribution in [2.75, 3.05) is 0 Å². The molecule has 2 nitrogen and oxygen atoms in total. The number of hydrogen-bond acceptors (Lipinski definition) is 2. The molecule has 1 rings (SSSR count). The van der Waals surface area contributed by atoms with E-state index in [0.29, 0.717) is 12.2 Å². The highest BCUT2D eigenvalue weighted by atomic mass is 35.5. The molecule has 0 aliphatic carbocycles. The van der Waals surface area contributed by atoms with E-state index >= 15 is 0 Å². The van der Waals surface area contributed by atoms with Gasteiger partial charge in [0.15, 0.2) is 8.32 Å². The van der Waals surface area contributed by atoms with Crippen LogP contribution in [0.3, 0.4) is 0 Å². The van der Waals surface area contributed by atoms with E-state index in [1.165, 1.54) is 6.20 Å². The van der Waals surface area contributed by atoms with E-state index in [-0.39, 0.29) is 10.1 Å². The van der Waals surface area contributed by atoms with Gasteiger partial charge in [0, 0.05) is 11.8 Å². The highest BCUT2D eigenvalue weighted by Crippen LogP contribution is 2.37. The predicted octanol–water partition coefficient (Wildman–Crippen LogP) is 4.40. The first-order valence-electron chi connectivity index (χ1n) is 5.58. The average molecular weight is 276 g/mol. The molecule has 5 heteroatoms. The van der Waals surface area contributed by atoms with Crippen molar-refractivity contribution in [3.05, 3.63) is 28.8 Å². The van der Waals surface area contributed by atoms with Gasteiger partial charge in [-0.15, -0.1) is 0 Å². The molecule has 0 spiro atoms. The second kappa shape index (κ2) is 5.04. The van der Waals surface area contributed by atoms with Gasteiger partial charge in [-0.3, -0.25) is 0 Å². The van der Waals surface area contributed by atoms with Crippen molar-refractivity contribution in [2.24, 2.45) is 0 Å². The smallest absolute Gasteiger partial charge is 0.231 e. The largest absolute Gasteiger partial charge is 0.413 e. The fourth-order valence-corrected chi connectivity index (χ4v) is 2.16. The molecule has 0 atom stereocenters. The molecule has 96 valence electrons. The zero-order valence-electron chi connectivity index (χ0n) is 11.0. The van der Waals surface area contributed by atoms with Gasteiger partial charge in [-0.2, -0.15) is 4.39 Å². The van der Waals surface area contributed by atoms with Gasteiger partial charge in [0.2, 0.25) is 5.95 Å². The maximum Gasteiger partial charge on any atom is 0.231 e. The molecular weight excluding hydrogens is 257 g/mol. The zero-order chi connectivity index (χ0) is 13.3. The lowest BCUT2D eigenvalue weighted by atomic mass is 10.2. The Hall–Kier alpha value is -0.453. The standard InChI is InChI=1S/C12H19ClFNOSi/c1-12(2,3)17(4,5)16-8-9-6-7-15-11(14)10(9)13/h6-7H,8H2,1-5H3. The van der Waals surface area contributed by atoms with E-state index in [1.54, 1.807) is 6.07 Å². The van der Waals surface area contributed by atoms with Crippen molar-refractivity contribution >= 4 is 19.9 Å². The maximum atomic E-state index is 13.1. The molecule has 0 saturated heterocycles. The Morgan fingerprint density at radius 3 is 2.53 bits per heavy atom. The summed E-state index contributed by atoms with van der Waals surface area (Å²) in [6.07, 6.45) is 1.41. The molecule has 0 saturated carbocycles. The minimum atomic E-state index is -1.83. The Labute approximate surface area is 108 Å². The zero-order valence-corrected chi connectivity index (χ0v) is 12.7. The lowest BCUT2D eigenvalue weighted by Crippen LogP contribution is -2.40. The Balaban J connectivity index is 2.78. The van der Waals surface area contributed by atoms with Gasteiger partial charge >= 0.3 is 0 Å². The van der Waals surface area contributed by atoms with Crippen LogP contribution in [0.4, 0.5) is 4.39 Å². The van der Waals surface area contributed by atoms with Gasteiger partial charge in [0.1, 0.15) is 5.02 Å². The third kappa shape index (κ3) is 3.50. The van der Waals surface area contributed by atoms with Crippen molar-refractivity contribution in [3.8, 4) is 0 Å². The van der Waals surface area contributed by atoms with Crippen molar-refractivity contribution < 1.29 is 8.82 Å². The molecule has 0 amide bonds. The van der Waals surface area contributed by atoms with Gasteiger partial charge < -0.3 is 4.43 Å². The fraction of sp³-hybridized carbons (Fsp3) is 0.583. The van der Waals surface area contributed by atoms with Gasteiger partial charge in [0.25, 0.3) is 0 Å². The van der Waals surface area contributed by atoms with Crippen molar-refractivity contribution in [1.29, 1.82) is 0 Å². The van der Waals surface area contributed by atoms with Crippen LogP contribution in [-0.4, -0.2) is 13.3 Å². The first-order chi connectivity index (χ1) is 7.65. The average Bonchev–Trinajstić information content (AvgIpc) is 2.18. The Kier molecular flexibility index (Phi) is 4.33. The predicted molar refractivity (Wildman–Crippen MR) is 71.2 cm³/mol. The Morgan fingerprint density at radius 1 is 1.41 bits per heavy atom. The molecule has 1 aromatic heterocycles. The van der Waals surface area contributed by atoms with Crippen LogP contribution < -0.4 is 0 Å². The number of rotatable bonds is 3. The SMILES string of the molecule is CC(C)(C)[Si](C)(C)OCc1ccnc(F)c1Cl. The van der Waals surface area contributed by atoms with Gasteiger partial charge in [-0.25, -0.2) is 4.98 Å². The van der Waals surface area contributed by atoms with Crippen LogP contribution in [0.25, 0.3) is 0 Å². The van der Waals surface area contributed by atoms with Crippen LogP contribution in [0.1, 0.15) is 26.3 Å². The summed E-state index contributed by atoms with van der Waals surface area (Å²) in [6.45, 7) is 11.1. The lowest BCUT2D eigenvalue weighted by molar-refractivity contribution is 0.275. The molecule has 0 fully saturated rings. The molecule has 0 radical (unpaired) electrons. The van der Waals surface area contributed by atoms with Crippen molar-refractivity contribution in [2.45, 2.75) is 45.5 Å². The topological polar surface area (TPSA) is 22.1 Å². The lowest BCUT2D eigenvalue weighted by Gasteiger charge is -2.36. The highest BCUT2D eigenvalue weighted by molar-refractivity contribution is 6.74. The first kappa shape index (κ1) is 14.6. The normalized spacial score (nSPS) is 12.9. The maximum absolute atomic E-state index is 13.1. The summed E-state index contributed by atoms with van der Waals surface area (Å²) in [4.78, 5) is 3.49. The second-order valence-corrected chi connectivity index (χ2v) is 10.8. The second-order valence-electron chi connectivity index (χ2n) is 5.62. The number of aromatic nitrogens is 1. The van der Waals surface area contributed by atoms with E-state index < -0.39 is 14.3 Å². The molecule has 0 aliphatic heterocycles. The summed E-state index contributed by atoms with van der Waals surface area (Å²) < 4.78 is 19.1. The highest BCUT2D eigenvalue weighted by Gasteiger charge is 2.37. The molecule has 17 heavy (non-hydrogen) atoms. The molecule has 0 bridgehead atoms. The summed E-state index contributed by atoms with van der Waals surface area (Å²) in [5.74, 6) is -0.636. The third-order valence-electron chi connectivity index (χ3n) is 3.32. The van der Waals surface area contributed by atoms with E-state index in [0.717, 1.165) is 0 Å². The molecule has 1 aromatic rings. The number of hydrogen-bond donors (Lipinski definition) is 0. The summed E-state index contributed by atoms with van der Waals surface area (Å²) in [5.41, 5.74) is 0.656. The summed E-state index contributed by atoms with van der Waals surface area (Å²) in [6, 6.07) is 1.69. The van der Waals surface area contributed by atoms with Crippen LogP contribution in [0.2, 0.25) is 23.2 Å². The van der Waals surface area contributed by atoms with Crippen molar-refractivity contribution in [3.63, 3.8) is 0 Å². The van der Waals surface area contributed by atoms with E-state index in [9.17, 15) is 4.39 Å².